The average molecular weight is 359 g/mol. The number of nitrogens with two attached hydrogens (primary N) is 1. The first kappa shape index (κ1) is 16.2. The maximum absolute atomic E-state index is 13.6. The maximum atomic E-state index is 13.6. The van der Waals surface area contributed by atoms with Gasteiger partial charge in [0.15, 0.2) is 18.2 Å². The van der Waals surface area contributed by atoms with Crippen molar-refractivity contribution < 1.29 is 13.9 Å². The molecule has 1 aromatic rings. The van der Waals surface area contributed by atoms with Crippen LogP contribution < -0.4 is 10.5 Å². The minimum absolute atomic E-state index is 0.0459. The van der Waals surface area contributed by atoms with Crippen LogP contribution in [-0.2, 0) is 4.79 Å². The summed E-state index contributed by atoms with van der Waals surface area (Å²) in [5.74, 6) is -0.542. The molecule has 0 aromatic heterocycles. The van der Waals surface area contributed by atoms with Crippen LogP contribution in [0.1, 0.15) is 26.2 Å². The quantitative estimate of drug-likeness (QED) is 0.900. The van der Waals surface area contributed by atoms with E-state index in [4.69, 9.17) is 10.5 Å². The van der Waals surface area contributed by atoms with Crippen molar-refractivity contribution in [3.63, 3.8) is 0 Å². The highest BCUT2D eigenvalue weighted by atomic mass is 79.9. The van der Waals surface area contributed by atoms with Gasteiger partial charge >= 0.3 is 0 Å². The Labute approximate surface area is 132 Å². The van der Waals surface area contributed by atoms with Gasteiger partial charge in [0.1, 0.15) is 0 Å². The molecule has 1 aliphatic heterocycles. The molecule has 1 aromatic carbocycles. The largest absolute Gasteiger partial charge is 0.481 e. The van der Waals surface area contributed by atoms with Crippen LogP contribution in [0, 0.1) is 5.82 Å². The van der Waals surface area contributed by atoms with Gasteiger partial charge in [-0.05, 0) is 44.4 Å². The van der Waals surface area contributed by atoms with Gasteiger partial charge in [0.2, 0.25) is 0 Å². The number of rotatable bonds is 4. The summed E-state index contributed by atoms with van der Waals surface area (Å²) in [6.45, 7) is 2.44. The highest BCUT2D eigenvalue weighted by Gasteiger charge is 2.29. The summed E-state index contributed by atoms with van der Waals surface area (Å²) >= 11 is 3.18. The van der Waals surface area contributed by atoms with Crippen LogP contribution in [0.2, 0.25) is 0 Å². The summed E-state index contributed by atoms with van der Waals surface area (Å²) in [6.07, 6.45) is 2.97. The standard InChI is InChI=1S/C15H20BrFN2O2/c1-10(18)13-4-2-3-7-19(13)15(20)9-21-14-6-5-11(16)8-12(14)17/h5-6,8,10,13H,2-4,7,9,18H2,1H3. The Morgan fingerprint density at radius 2 is 2.33 bits per heavy atom. The van der Waals surface area contributed by atoms with Crippen LogP contribution in [0.5, 0.6) is 5.75 Å². The number of carbonyl (C=O) groups is 1. The molecule has 0 saturated carbocycles. The molecular weight excluding hydrogens is 339 g/mol. The molecule has 1 heterocycles. The Morgan fingerprint density at radius 3 is 3.00 bits per heavy atom. The van der Waals surface area contributed by atoms with E-state index in [1.54, 1.807) is 11.0 Å². The van der Waals surface area contributed by atoms with Crippen LogP contribution in [-0.4, -0.2) is 36.0 Å². The molecule has 0 spiro atoms. The fraction of sp³-hybridized carbons (Fsp3) is 0.533. The van der Waals surface area contributed by atoms with E-state index < -0.39 is 5.82 Å². The molecule has 2 atom stereocenters. The molecule has 2 rings (SSSR count). The molecular formula is C15H20BrFN2O2. The van der Waals surface area contributed by atoms with E-state index in [-0.39, 0.29) is 30.3 Å². The number of hydrogen-bond donors (Lipinski definition) is 1. The third-order valence-electron chi connectivity index (χ3n) is 3.72. The predicted octanol–water partition coefficient (Wildman–Crippen LogP) is 2.70. The molecule has 0 aliphatic carbocycles. The van der Waals surface area contributed by atoms with Crippen molar-refractivity contribution in [3.8, 4) is 5.75 Å². The lowest BCUT2D eigenvalue weighted by atomic mass is 9.97. The van der Waals surface area contributed by atoms with Gasteiger partial charge < -0.3 is 15.4 Å². The van der Waals surface area contributed by atoms with Gasteiger partial charge in [-0.3, -0.25) is 4.79 Å². The summed E-state index contributed by atoms with van der Waals surface area (Å²) in [6, 6.07) is 4.47. The van der Waals surface area contributed by atoms with Gasteiger partial charge in [0.05, 0.1) is 0 Å². The lowest BCUT2D eigenvalue weighted by molar-refractivity contribution is -0.137. The van der Waals surface area contributed by atoms with Crippen molar-refractivity contribution in [1.82, 2.24) is 4.90 Å². The molecule has 4 nitrogen and oxygen atoms in total. The second-order valence-electron chi connectivity index (χ2n) is 5.37. The van der Waals surface area contributed by atoms with Crippen molar-refractivity contribution in [2.24, 2.45) is 5.73 Å². The summed E-state index contributed by atoms with van der Waals surface area (Å²) in [7, 11) is 0. The van der Waals surface area contributed by atoms with E-state index in [0.717, 1.165) is 19.3 Å². The number of benzene rings is 1. The third kappa shape index (κ3) is 4.17. The van der Waals surface area contributed by atoms with Crippen LogP contribution in [0.15, 0.2) is 22.7 Å². The predicted molar refractivity (Wildman–Crippen MR) is 82.6 cm³/mol. The number of carbonyl (C=O) groups excluding carboxylic acids is 1. The second-order valence-corrected chi connectivity index (χ2v) is 6.29. The van der Waals surface area contributed by atoms with E-state index >= 15 is 0 Å². The van der Waals surface area contributed by atoms with E-state index in [9.17, 15) is 9.18 Å². The SMILES string of the molecule is CC(N)C1CCCCN1C(=O)COc1ccc(Br)cc1F. The van der Waals surface area contributed by atoms with Crippen LogP contribution in [0.4, 0.5) is 4.39 Å². The second kappa shape index (κ2) is 7.22. The molecule has 116 valence electrons. The van der Waals surface area contributed by atoms with Crippen LogP contribution >= 0.6 is 15.9 Å². The fourth-order valence-corrected chi connectivity index (χ4v) is 2.96. The van der Waals surface area contributed by atoms with Crippen molar-refractivity contribution in [3.05, 3.63) is 28.5 Å². The Hall–Kier alpha value is -1.14. The number of piperidine rings is 1. The molecule has 21 heavy (non-hydrogen) atoms. The first-order chi connectivity index (χ1) is 9.99. The van der Waals surface area contributed by atoms with Gasteiger partial charge in [0.25, 0.3) is 5.91 Å². The smallest absolute Gasteiger partial charge is 0.260 e. The molecule has 2 unspecified atom stereocenters. The van der Waals surface area contributed by atoms with E-state index in [1.807, 2.05) is 6.92 Å². The number of nitrogens with zero attached hydrogens (tertiary/aromatic N) is 1. The van der Waals surface area contributed by atoms with Crippen molar-refractivity contribution in [2.75, 3.05) is 13.2 Å². The molecule has 1 fully saturated rings. The summed E-state index contributed by atoms with van der Waals surface area (Å²) < 4.78 is 19.6. The first-order valence-electron chi connectivity index (χ1n) is 7.12. The first-order valence-corrected chi connectivity index (χ1v) is 7.91. The monoisotopic (exact) mass is 358 g/mol. The molecule has 1 saturated heterocycles. The number of ether oxygens (including phenoxy) is 1. The summed E-state index contributed by atoms with van der Waals surface area (Å²) in [5.41, 5.74) is 5.94. The van der Waals surface area contributed by atoms with Gasteiger partial charge in [-0.15, -0.1) is 0 Å². The molecule has 0 bridgehead atoms. The Balaban J connectivity index is 1.97. The molecule has 0 radical (unpaired) electrons. The molecule has 2 N–H and O–H groups in total. The van der Waals surface area contributed by atoms with E-state index in [2.05, 4.69) is 15.9 Å². The highest BCUT2D eigenvalue weighted by Crippen LogP contribution is 2.22. The zero-order valence-electron chi connectivity index (χ0n) is 12.0. The Kier molecular flexibility index (Phi) is 5.58. The maximum Gasteiger partial charge on any atom is 0.260 e. The molecule has 1 aliphatic rings. The zero-order chi connectivity index (χ0) is 15.4. The lowest BCUT2D eigenvalue weighted by Gasteiger charge is -2.38. The Morgan fingerprint density at radius 1 is 1.57 bits per heavy atom. The highest BCUT2D eigenvalue weighted by molar-refractivity contribution is 9.10. The lowest BCUT2D eigenvalue weighted by Crippen LogP contribution is -2.52. The minimum atomic E-state index is -0.487. The number of halogens is 2. The van der Waals surface area contributed by atoms with Gasteiger partial charge in [-0.25, -0.2) is 4.39 Å². The van der Waals surface area contributed by atoms with Crippen molar-refractivity contribution >= 4 is 21.8 Å². The van der Waals surface area contributed by atoms with Gasteiger partial charge in [0, 0.05) is 23.1 Å². The van der Waals surface area contributed by atoms with Crippen LogP contribution in [0.3, 0.4) is 0 Å². The van der Waals surface area contributed by atoms with Gasteiger partial charge in [-0.2, -0.15) is 0 Å². The Bertz CT molecular complexity index is 510. The molecule has 6 heteroatoms. The third-order valence-corrected chi connectivity index (χ3v) is 4.21. The zero-order valence-corrected chi connectivity index (χ0v) is 13.6. The van der Waals surface area contributed by atoms with E-state index in [0.29, 0.717) is 11.0 Å². The van der Waals surface area contributed by atoms with Crippen LogP contribution in [0.25, 0.3) is 0 Å². The number of amides is 1. The summed E-state index contributed by atoms with van der Waals surface area (Å²) in [5, 5.41) is 0. The number of likely N-dealkylation sites (tertiary alicyclic amines) is 1. The van der Waals surface area contributed by atoms with E-state index in [1.165, 1.54) is 12.1 Å². The van der Waals surface area contributed by atoms with Crippen molar-refractivity contribution in [1.29, 1.82) is 0 Å². The number of hydrogen-bond acceptors (Lipinski definition) is 3. The topological polar surface area (TPSA) is 55.6 Å². The minimum Gasteiger partial charge on any atom is -0.481 e. The normalized spacial score (nSPS) is 20.2. The van der Waals surface area contributed by atoms with Crippen molar-refractivity contribution in [2.45, 2.75) is 38.3 Å². The summed E-state index contributed by atoms with van der Waals surface area (Å²) in [4.78, 5) is 14.0. The fourth-order valence-electron chi connectivity index (χ4n) is 2.63. The van der Waals surface area contributed by atoms with Gasteiger partial charge in [-0.1, -0.05) is 15.9 Å². The molecule has 1 amide bonds. The average Bonchev–Trinajstić information content (AvgIpc) is 2.46.